The van der Waals surface area contributed by atoms with Gasteiger partial charge >= 0.3 is 5.97 Å². The summed E-state index contributed by atoms with van der Waals surface area (Å²) in [4.78, 5) is 11.0. The maximum atomic E-state index is 11.0. The molecule has 1 aliphatic carbocycles. The number of hydrogen-bond donors (Lipinski definition) is 3. The second kappa shape index (κ2) is 13.7. The average molecular weight is 318 g/mol. The third kappa shape index (κ3) is 11.7. The Morgan fingerprint density at radius 1 is 1.18 bits per heavy atom. The number of aliphatic hydroxyl groups excluding tert-OH is 3. The number of hydrogen-bond acceptors (Lipinski definition) is 6. The van der Waals surface area contributed by atoms with Crippen molar-refractivity contribution in [1.82, 2.24) is 0 Å². The fourth-order valence-electron chi connectivity index (χ4n) is 1.89. The van der Waals surface area contributed by atoms with Crippen LogP contribution in [0, 0.1) is 0 Å². The highest BCUT2D eigenvalue weighted by atomic mass is 16.5. The summed E-state index contributed by atoms with van der Waals surface area (Å²) in [6, 6.07) is 0. The van der Waals surface area contributed by atoms with Gasteiger partial charge in [0.1, 0.15) is 6.10 Å². The third-order valence-electron chi connectivity index (χ3n) is 3.20. The van der Waals surface area contributed by atoms with Crippen LogP contribution in [0.2, 0.25) is 0 Å². The average Bonchev–Trinajstić information content (AvgIpc) is 2.55. The third-order valence-corrected chi connectivity index (χ3v) is 3.20. The number of esters is 1. The Hall–Kier alpha value is -0.950. The Bertz CT molecular complexity index is 295. The molecule has 1 aliphatic rings. The van der Waals surface area contributed by atoms with Gasteiger partial charge in [-0.15, -0.1) is 0 Å². The van der Waals surface area contributed by atoms with E-state index in [1.807, 2.05) is 0 Å². The van der Waals surface area contributed by atoms with Crippen molar-refractivity contribution < 1.29 is 29.6 Å². The molecule has 130 valence electrons. The number of ether oxygens (including phenoxy) is 2. The molecule has 3 N–H and O–H groups in total. The summed E-state index contributed by atoms with van der Waals surface area (Å²) in [7, 11) is 0. The Kier molecular flexibility index (Phi) is 13.1. The zero-order valence-electron chi connectivity index (χ0n) is 13.5. The lowest BCUT2D eigenvalue weighted by molar-refractivity contribution is -0.139. The van der Waals surface area contributed by atoms with E-state index in [0.717, 1.165) is 6.42 Å². The number of rotatable bonds is 8. The van der Waals surface area contributed by atoms with E-state index in [9.17, 15) is 4.79 Å². The molecule has 0 aromatic heterocycles. The van der Waals surface area contributed by atoms with Crippen LogP contribution in [0.1, 0.15) is 45.4 Å². The van der Waals surface area contributed by atoms with E-state index in [2.05, 4.69) is 6.58 Å². The molecular formula is C16H30O6. The molecule has 6 nitrogen and oxygen atoms in total. The normalized spacial score (nSPS) is 15.1. The Labute approximate surface area is 132 Å². The number of aliphatic hydroxyl groups is 3. The molecule has 0 saturated heterocycles. The molecular weight excluding hydrogens is 288 g/mol. The van der Waals surface area contributed by atoms with Crippen molar-refractivity contribution in [1.29, 1.82) is 0 Å². The lowest BCUT2D eigenvalue weighted by Gasteiger charge is -2.21. The first-order chi connectivity index (χ1) is 10.5. The summed E-state index contributed by atoms with van der Waals surface area (Å²) >= 11 is 0. The van der Waals surface area contributed by atoms with Gasteiger partial charge in [0.05, 0.1) is 32.5 Å². The van der Waals surface area contributed by atoms with Crippen molar-refractivity contribution in [2.24, 2.45) is 0 Å². The van der Waals surface area contributed by atoms with Gasteiger partial charge in [0.15, 0.2) is 0 Å². The van der Waals surface area contributed by atoms with E-state index in [1.54, 1.807) is 6.92 Å². The van der Waals surface area contributed by atoms with E-state index in [1.165, 1.54) is 32.1 Å². The van der Waals surface area contributed by atoms with Gasteiger partial charge in [-0.2, -0.15) is 0 Å². The molecule has 0 aromatic rings. The molecule has 0 bridgehead atoms. The molecule has 1 fully saturated rings. The smallest absolute Gasteiger partial charge is 0.333 e. The Morgan fingerprint density at radius 3 is 2.23 bits per heavy atom. The summed E-state index contributed by atoms with van der Waals surface area (Å²) in [5.41, 5.74) is 0.452. The molecule has 1 saturated carbocycles. The SMILES string of the molecule is C=C(C)C(=O)OCCCOC1CCCCC1.OCC(O)CO. The summed E-state index contributed by atoms with van der Waals surface area (Å²) < 4.78 is 10.7. The van der Waals surface area contributed by atoms with E-state index in [0.29, 0.717) is 24.9 Å². The van der Waals surface area contributed by atoms with E-state index in [-0.39, 0.29) is 19.2 Å². The van der Waals surface area contributed by atoms with Crippen LogP contribution in [0.5, 0.6) is 0 Å². The lowest BCUT2D eigenvalue weighted by Crippen LogP contribution is -2.18. The minimum absolute atomic E-state index is 0.308. The zero-order chi connectivity index (χ0) is 16.8. The summed E-state index contributed by atoms with van der Waals surface area (Å²) in [5.74, 6) is -0.308. The van der Waals surface area contributed by atoms with E-state index >= 15 is 0 Å². The Morgan fingerprint density at radius 2 is 1.77 bits per heavy atom. The van der Waals surface area contributed by atoms with Gasteiger partial charge in [0.25, 0.3) is 0 Å². The van der Waals surface area contributed by atoms with Gasteiger partial charge in [-0.3, -0.25) is 0 Å². The maximum Gasteiger partial charge on any atom is 0.333 e. The van der Waals surface area contributed by atoms with Crippen LogP contribution in [-0.4, -0.2) is 59.9 Å². The van der Waals surface area contributed by atoms with Gasteiger partial charge in [0.2, 0.25) is 0 Å². The molecule has 0 heterocycles. The fraction of sp³-hybridized carbons (Fsp3) is 0.812. The molecule has 0 radical (unpaired) electrons. The molecule has 0 aliphatic heterocycles. The van der Waals surface area contributed by atoms with Crippen molar-refractivity contribution >= 4 is 5.97 Å². The molecule has 0 amide bonds. The van der Waals surface area contributed by atoms with E-state index < -0.39 is 6.10 Å². The van der Waals surface area contributed by atoms with Crippen LogP contribution in [0.15, 0.2) is 12.2 Å². The van der Waals surface area contributed by atoms with Crippen LogP contribution >= 0.6 is 0 Å². The number of carbonyl (C=O) groups excluding carboxylic acids is 1. The molecule has 0 atom stereocenters. The van der Waals surface area contributed by atoms with Crippen LogP contribution in [0.3, 0.4) is 0 Å². The molecule has 1 rings (SSSR count). The van der Waals surface area contributed by atoms with Crippen molar-refractivity contribution in [2.75, 3.05) is 26.4 Å². The second-order valence-electron chi connectivity index (χ2n) is 5.42. The standard InChI is InChI=1S/C13H22O3.C3H8O3/c1-11(2)13(14)16-10-6-9-15-12-7-4-3-5-8-12;4-1-3(6)2-5/h12H,1,3-10H2,2H3;3-6H,1-2H2. The van der Waals surface area contributed by atoms with Crippen LogP contribution < -0.4 is 0 Å². The van der Waals surface area contributed by atoms with Crippen molar-refractivity contribution in [3.05, 3.63) is 12.2 Å². The Balaban J connectivity index is 0.000000626. The predicted molar refractivity (Wildman–Crippen MR) is 83.4 cm³/mol. The maximum absolute atomic E-state index is 11.0. The number of carbonyl (C=O) groups is 1. The molecule has 0 spiro atoms. The first-order valence-corrected chi connectivity index (χ1v) is 7.85. The molecule has 6 heteroatoms. The topological polar surface area (TPSA) is 96.2 Å². The minimum Gasteiger partial charge on any atom is -0.462 e. The summed E-state index contributed by atoms with van der Waals surface area (Å²) in [6.45, 7) is 5.56. The van der Waals surface area contributed by atoms with Crippen LogP contribution in [-0.2, 0) is 14.3 Å². The monoisotopic (exact) mass is 318 g/mol. The highest BCUT2D eigenvalue weighted by Crippen LogP contribution is 2.20. The van der Waals surface area contributed by atoms with E-state index in [4.69, 9.17) is 24.8 Å². The van der Waals surface area contributed by atoms with Crippen molar-refractivity contribution in [2.45, 2.75) is 57.7 Å². The highest BCUT2D eigenvalue weighted by molar-refractivity contribution is 5.86. The summed E-state index contributed by atoms with van der Waals surface area (Å²) in [5, 5.41) is 24.0. The minimum atomic E-state index is -0.954. The predicted octanol–water partition coefficient (Wildman–Crippen LogP) is 1.18. The van der Waals surface area contributed by atoms with Crippen molar-refractivity contribution in [3.63, 3.8) is 0 Å². The zero-order valence-corrected chi connectivity index (χ0v) is 13.5. The van der Waals surface area contributed by atoms with Gasteiger partial charge in [0, 0.05) is 12.0 Å². The fourth-order valence-corrected chi connectivity index (χ4v) is 1.89. The van der Waals surface area contributed by atoms with Crippen LogP contribution in [0.25, 0.3) is 0 Å². The largest absolute Gasteiger partial charge is 0.462 e. The van der Waals surface area contributed by atoms with Gasteiger partial charge in [-0.25, -0.2) is 4.79 Å². The van der Waals surface area contributed by atoms with Crippen molar-refractivity contribution in [3.8, 4) is 0 Å². The lowest BCUT2D eigenvalue weighted by atomic mass is 9.98. The summed E-state index contributed by atoms with van der Waals surface area (Å²) in [6.07, 6.45) is 6.54. The molecule has 0 aromatic carbocycles. The quantitative estimate of drug-likeness (QED) is 0.353. The first-order valence-electron chi connectivity index (χ1n) is 7.85. The first kappa shape index (κ1) is 21.0. The highest BCUT2D eigenvalue weighted by Gasteiger charge is 2.13. The van der Waals surface area contributed by atoms with Gasteiger partial charge in [-0.1, -0.05) is 25.8 Å². The van der Waals surface area contributed by atoms with Gasteiger partial charge in [-0.05, 0) is 19.8 Å². The van der Waals surface area contributed by atoms with Gasteiger partial charge < -0.3 is 24.8 Å². The van der Waals surface area contributed by atoms with Crippen LogP contribution in [0.4, 0.5) is 0 Å². The molecule has 22 heavy (non-hydrogen) atoms. The second-order valence-corrected chi connectivity index (χ2v) is 5.42. The molecule has 0 unspecified atom stereocenters.